The molecular formula is C22H31FN4OS. The van der Waals surface area contributed by atoms with Gasteiger partial charge < -0.3 is 9.88 Å². The van der Waals surface area contributed by atoms with Crippen molar-refractivity contribution in [1.82, 2.24) is 20.1 Å². The number of benzene rings is 1. The van der Waals surface area contributed by atoms with Crippen molar-refractivity contribution in [2.75, 3.05) is 5.75 Å². The molecule has 3 atom stereocenters. The summed E-state index contributed by atoms with van der Waals surface area (Å²) in [5.74, 6) is 1.97. The van der Waals surface area contributed by atoms with Gasteiger partial charge in [-0.3, -0.25) is 4.79 Å². The summed E-state index contributed by atoms with van der Waals surface area (Å²) in [6.45, 7) is 9.34. The van der Waals surface area contributed by atoms with Gasteiger partial charge in [-0.1, -0.05) is 64.4 Å². The van der Waals surface area contributed by atoms with Crippen LogP contribution in [-0.4, -0.2) is 32.5 Å². The molecule has 2 aromatic rings. The van der Waals surface area contributed by atoms with Crippen LogP contribution in [0, 0.1) is 23.6 Å². The Kier molecular flexibility index (Phi) is 7.33. The maximum absolute atomic E-state index is 14.3. The van der Waals surface area contributed by atoms with E-state index in [-0.39, 0.29) is 23.5 Å². The van der Waals surface area contributed by atoms with Gasteiger partial charge in [-0.15, -0.1) is 10.2 Å². The Balaban J connectivity index is 1.70. The van der Waals surface area contributed by atoms with E-state index in [1.807, 2.05) is 4.57 Å². The molecule has 1 aliphatic carbocycles. The molecule has 5 nitrogen and oxygen atoms in total. The van der Waals surface area contributed by atoms with Crippen LogP contribution in [-0.2, 0) is 11.3 Å². The van der Waals surface area contributed by atoms with Gasteiger partial charge in [0.25, 0.3) is 0 Å². The van der Waals surface area contributed by atoms with E-state index in [9.17, 15) is 9.18 Å². The summed E-state index contributed by atoms with van der Waals surface area (Å²) in [5.41, 5.74) is 0.432. The van der Waals surface area contributed by atoms with Gasteiger partial charge in [0.2, 0.25) is 5.91 Å². The molecule has 0 aliphatic heterocycles. The summed E-state index contributed by atoms with van der Waals surface area (Å²) in [7, 11) is 0. The molecule has 1 aromatic heterocycles. The van der Waals surface area contributed by atoms with Crippen LogP contribution in [0.3, 0.4) is 0 Å². The highest BCUT2D eigenvalue weighted by Gasteiger charge is 2.28. The highest BCUT2D eigenvalue weighted by atomic mass is 32.2. The number of nitrogens with zero attached hydrogens (tertiary/aromatic N) is 3. The van der Waals surface area contributed by atoms with E-state index in [2.05, 4.69) is 43.2 Å². The fourth-order valence-electron chi connectivity index (χ4n) is 3.93. The number of aromatic nitrogens is 3. The summed E-state index contributed by atoms with van der Waals surface area (Å²) >= 11 is 1.36. The zero-order valence-electron chi connectivity index (χ0n) is 17.7. The van der Waals surface area contributed by atoms with E-state index in [0.717, 1.165) is 12.8 Å². The number of carbonyl (C=O) groups excluding carboxylic acids is 1. The number of amides is 1. The molecule has 1 aromatic carbocycles. The standard InChI is InChI=1S/C22H31FN4OS/c1-14(2)12-27-21(17-9-5-6-10-18(17)23)25-26-22(27)29-13-20(28)24-19-11-7-8-15(3)16(19)4/h5-6,9-10,14-16,19H,7-8,11-13H2,1-4H3,(H,24,28). The molecular weight excluding hydrogens is 387 g/mol. The first-order chi connectivity index (χ1) is 13.9. The fourth-order valence-corrected chi connectivity index (χ4v) is 4.69. The Bertz CT molecular complexity index is 838. The molecule has 0 spiro atoms. The van der Waals surface area contributed by atoms with E-state index in [0.29, 0.717) is 40.8 Å². The molecule has 1 amide bonds. The first-order valence-corrected chi connectivity index (χ1v) is 11.5. The summed E-state index contributed by atoms with van der Waals surface area (Å²) < 4.78 is 16.2. The fraction of sp³-hybridized carbons (Fsp3) is 0.591. The maximum atomic E-state index is 14.3. The summed E-state index contributed by atoms with van der Waals surface area (Å²) in [6.07, 6.45) is 3.45. The van der Waals surface area contributed by atoms with Crippen LogP contribution in [0.25, 0.3) is 11.4 Å². The predicted molar refractivity (Wildman–Crippen MR) is 115 cm³/mol. The zero-order chi connectivity index (χ0) is 21.0. The topological polar surface area (TPSA) is 59.8 Å². The van der Waals surface area contributed by atoms with Crippen molar-refractivity contribution in [1.29, 1.82) is 0 Å². The van der Waals surface area contributed by atoms with Crippen molar-refractivity contribution in [2.45, 2.75) is 64.7 Å². The second-order valence-corrected chi connectivity index (χ2v) is 9.46. The molecule has 158 valence electrons. The Morgan fingerprint density at radius 3 is 2.76 bits per heavy atom. The number of carbonyl (C=O) groups is 1. The second-order valence-electron chi connectivity index (χ2n) is 8.52. The van der Waals surface area contributed by atoms with Crippen LogP contribution in [0.2, 0.25) is 0 Å². The molecule has 1 saturated carbocycles. The largest absolute Gasteiger partial charge is 0.352 e. The highest BCUT2D eigenvalue weighted by Crippen LogP contribution is 2.30. The van der Waals surface area contributed by atoms with Gasteiger partial charge in [0.05, 0.1) is 11.3 Å². The van der Waals surface area contributed by atoms with Crippen LogP contribution in [0.4, 0.5) is 4.39 Å². The molecule has 1 heterocycles. The number of rotatable bonds is 7. The molecule has 3 unspecified atom stereocenters. The van der Waals surface area contributed by atoms with Crippen molar-refractivity contribution in [2.24, 2.45) is 17.8 Å². The number of nitrogens with one attached hydrogen (secondary N) is 1. The third-order valence-corrected chi connectivity index (χ3v) is 6.73. The van der Waals surface area contributed by atoms with Crippen LogP contribution >= 0.6 is 11.8 Å². The molecule has 0 bridgehead atoms. The average molecular weight is 419 g/mol. The van der Waals surface area contributed by atoms with Gasteiger partial charge in [0, 0.05) is 12.6 Å². The SMILES string of the molecule is CC(C)Cn1c(SCC(=O)NC2CCCC(C)C2C)nnc1-c1ccccc1F. The Labute approximate surface area is 176 Å². The summed E-state index contributed by atoms with van der Waals surface area (Å²) in [5, 5.41) is 12.3. The Morgan fingerprint density at radius 1 is 1.28 bits per heavy atom. The maximum Gasteiger partial charge on any atom is 0.230 e. The molecule has 1 fully saturated rings. The van der Waals surface area contributed by atoms with E-state index < -0.39 is 0 Å². The molecule has 0 radical (unpaired) electrons. The predicted octanol–water partition coefficient (Wildman–Crippen LogP) is 4.77. The third-order valence-electron chi connectivity index (χ3n) is 5.76. The Hall–Kier alpha value is -1.89. The highest BCUT2D eigenvalue weighted by molar-refractivity contribution is 7.99. The van der Waals surface area contributed by atoms with Gasteiger partial charge in [0.15, 0.2) is 11.0 Å². The van der Waals surface area contributed by atoms with Crippen molar-refractivity contribution < 1.29 is 9.18 Å². The molecule has 1 N–H and O–H groups in total. The van der Waals surface area contributed by atoms with Crippen molar-refractivity contribution >= 4 is 17.7 Å². The van der Waals surface area contributed by atoms with Crippen molar-refractivity contribution in [3.63, 3.8) is 0 Å². The first kappa shape index (κ1) is 21.8. The molecule has 3 rings (SSSR count). The van der Waals surface area contributed by atoms with E-state index in [1.165, 1.54) is 24.2 Å². The van der Waals surface area contributed by atoms with Gasteiger partial charge in [-0.2, -0.15) is 0 Å². The number of hydrogen-bond donors (Lipinski definition) is 1. The number of hydrogen-bond acceptors (Lipinski definition) is 4. The summed E-state index contributed by atoms with van der Waals surface area (Å²) in [4.78, 5) is 12.6. The van der Waals surface area contributed by atoms with Gasteiger partial charge in [-0.05, 0) is 36.3 Å². The average Bonchev–Trinajstić information content (AvgIpc) is 3.06. The van der Waals surface area contributed by atoms with E-state index in [4.69, 9.17) is 0 Å². The lowest BCUT2D eigenvalue weighted by molar-refractivity contribution is -0.120. The normalized spacial score (nSPS) is 22.1. The second kappa shape index (κ2) is 9.74. The number of halogens is 1. The molecule has 1 aliphatic rings. The van der Waals surface area contributed by atoms with Crippen LogP contribution in [0.1, 0.15) is 47.0 Å². The Morgan fingerprint density at radius 2 is 2.03 bits per heavy atom. The minimum atomic E-state index is -0.320. The minimum Gasteiger partial charge on any atom is -0.352 e. The lowest BCUT2D eigenvalue weighted by atomic mass is 9.78. The third kappa shape index (κ3) is 5.38. The van der Waals surface area contributed by atoms with Crippen LogP contribution in [0.5, 0.6) is 0 Å². The minimum absolute atomic E-state index is 0.0208. The van der Waals surface area contributed by atoms with Crippen molar-refractivity contribution in [3.05, 3.63) is 30.1 Å². The van der Waals surface area contributed by atoms with Gasteiger partial charge >= 0.3 is 0 Å². The quantitative estimate of drug-likeness (QED) is 0.658. The van der Waals surface area contributed by atoms with E-state index >= 15 is 0 Å². The van der Waals surface area contributed by atoms with E-state index in [1.54, 1.807) is 18.2 Å². The van der Waals surface area contributed by atoms with Gasteiger partial charge in [0.1, 0.15) is 5.82 Å². The lowest BCUT2D eigenvalue weighted by Gasteiger charge is -2.34. The smallest absolute Gasteiger partial charge is 0.230 e. The lowest BCUT2D eigenvalue weighted by Crippen LogP contribution is -2.44. The van der Waals surface area contributed by atoms with Crippen LogP contribution < -0.4 is 5.32 Å². The summed E-state index contributed by atoms with van der Waals surface area (Å²) in [6, 6.07) is 6.84. The molecule has 0 saturated heterocycles. The molecule has 7 heteroatoms. The van der Waals surface area contributed by atoms with Gasteiger partial charge in [-0.25, -0.2) is 4.39 Å². The monoisotopic (exact) mass is 418 g/mol. The molecule has 29 heavy (non-hydrogen) atoms. The first-order valence-electron chi connectivity index (χ1n) is 10.5. The zero-order valence-corrected chi connectivity index (χ0v) is 18.5. The number of thioether (sulfide) groups is 1. The van der Waals surface area contributed by atoms with Crippen LogP contribution in [0.15, 0.2) is 29.4 Å². The van der Waals surface area contributed by atoms with Crippen molar-refractivity contribution in [3.8, 4) is 11.4 Å².